The molecule has 4 heteroatoms. The first-order chi connectivity index (χ1) is 6.72. The lowest BCUT2D eigenvalue weighted by molar-refractivity contribution is 0.112. The average molecular weight is 198 g/mol. The number of carbonyl (C=O) groups excluding carboxylic acids is 1. The molecule has 1 amide bonds. The zero-order chi connectivity index (χ0) is 10.1. The fraction of sp³-hybridized carbons (Fsp3) is 0.900. The molecule has 2 rings (SSSR count). The predicted octanol–water partition coefficient (Wildman–Crippen LogP) is 0.683. The highest BCUT2D eigenvalue weighted by Gasteiger charge is 2.42. The van der Waals surface area contributed by atoms with Crippen molar-refractivity contribution in [1.29, 1.82) is 0 Å². The first-order valence-electron chi connectivity index (χ1n) is 5.37. The molecule has 2 saturated heterocycles. The minimum Gasteiger partial charge on any atom is -0.450 e. The number of likely N-dealkylation sites (tertiary alicyclic amines) is 1. The average Bonchev–Trinajstić information content (AvgIpc) is 2.69. The van der Waals surface area contributed by atoms with Gasteiger partial charge in [0.2, 0.25) is 0 Å². The van der Waals surface area contributed by atoms with Crippen LogP contribution in [0.4, 0.5) is 4.79 Å². The van der Waals surface area contributed by atoms with Crippen molar-refractivity contribution in [3.8, 4) is 0 Å². The second-order valence-electron chi connectivity index (χ2n) is 4.26. The lowest BCUT2D eigenvalue weighted by atomic mass is 9.95. The molecular formula is C10H18N2O2. The first-order valence-corrected chi connectivity index (χ1v) is 5.37. The van der Waals surface area contributed by atoms with Crippen molar-refractivity contribution in [2.24, 2.45) is 11.8 Å². The molecule has 2 aliphatic heterocycles. The molecule has 14 heavy (non-hydrogen) atoms. The minimum atomic E-state index is -0.157. The second-order valence-corrected chi connectivity index (χ2v) is 4.26. The van der Waals surface area contributed by atoms with E-state index in [9.17, 15) is 4.79 Å². The van der Waals surface area contributed by atoms with Gasteiger partial charge in [0.15, 0.2) is 0 Å². The van der Waals surface area contributed by atoms with Gasteiger partial charge in [0.05, 0.1) is 6.61 Å². The van der Waals surface area contributed by atoms with E-state index in [0.29, 0.717) is 24.5 Å². The molecule has 0 spiro atoms. The molecule has 80 valence electrons. The maximum absolute atomic E-state index is 11.5. The third kappa shape index (κ3) is 1.59. The van der Waals surface area contributed by atoms with Crippen LogP contribution >= 0.6 is 0 Å². The van der Waals surface area contributed by atoms with Gasteiger partial charge in [-0.1, -0.05) is 6.92 Å². The molecule has 3 unspecified atom stereocenters. The van der Waals surface area contributed by atoms with Crippen LogP contribution in [-0.4, -0.2) is 43.3 Å². The third-order valence-corrected chi connectivity index (χ3v) is 3.32. The fourth-order valence-electron chi connectivity index (χ4n) is 2.47. The van der Waals surface area contributed by atoms with E-state index in [-0.39, 0.29) is 6.09 Å². The van der Waals surface area contributed by atoms with E-state index in [1.54, 1.807) is 0 Å². The lowest BCUT2D eigenvalue weighted by Gasteiger charge is -2.17. The van der Waals surface area contributed by atoms with Crippen LogP contribution in [0, 0.1) is 11.8 Å². The Morgan fingerprint density at radius 2 is 2.36 bits per heavy atom. The van der Waals surface area contributed by atoms with Crippen LogP contribution in [0.3, 0.4) is 0 Å². The van der Waals surface area contributed by atoms with Crippen molar-refractivity contribution in [3.63, 3.8) is 0 Å². The SMILES string of the molecule is CCOC(=O)N1CC2NCC(C)C2C1. The molecule has 0 aromatic rings. The van der Waals surface area contributed by atoms with Crippen LogP contribution in [0.15, 0.2) is 0 Å². The summed E-state index contributed by atoms with van der Waals surface area (Å²) in [5.74, 6) is 1.30. The van der Waals surface area contributed by atoms with Gasteiger partial charge in [-0.25, -0.2) is 4.79 Å². The van der Waals surface area contributed by atoms with Crippen molar-refractivity contribution in [2.75, 3.05) is 26.2 Å². The van der Waals surface area contributed by atoms with Crippen molar-refractivity contribution in [1.82, 2.24) is 10.2 Å². The topological polar surface area (TPSA) is 41.6 Å². The highest BCUT2D eigenvalue weighted by atomic mass is 16.6. The summed E-state index contributed by atoms with van der Waals surface area (Å²) in [6.07, 6.45) is -0.157. The van der Waals surface area contributed by atoms with Crippen LogP contribution in [0.5, 0.6) is 0 Å². The molecule has 0 radical (unpaired) electrons. The summed E-state index contributed by atoms with van der Waals surface area (Å²) in [4.78, 5) is 13.3. The molecule has 0 aromatic carbocycles. The Balaban J connectivity index is 1.92. The number of fused-ring (bicyclic) bond motifs is 1. The van der Waals surface area contributed by atoms with Crippen LogP contribution in [0.1, 0.15) is 13.8 Å². The number of nitrogens with one attached hydrogen (secondary N) is 1. The molecule has 0 bridgehead atoms. The van der Waals surface area contributed by atoms with Gasteiger partial charge < -0.3 is 15.0 Å². The zero-order valence-corrected chi connectivity index (χ0v) is 8.82. The van der Waals surface area contributed by atoms with Crippen LogP contribution in [0.25, 0.3) is 0 Å². The Labute approximate surface area is 84.6 Å². The normalized spacial score (nSPS) is 35.9. The zero-order valence-electron chi connectivity index (χ0n) is 8.82. The maximum atomic E-state index is 11.5. The molecule has 0 aliphatic carbocycles. The highest BCUT2D eigenvalue weighted by Crippen LogP contribution is 2.29. The summed E-state index contributed by atoms with van der Waals surface area (Å²) >= 11 is 0. The molecule has 1 N–H and O–H groups in total. The monoisotopic (exact) mass is 198 g/mol. The number of nitrogens with zero attached hydrogens (tertiary/aromatic N) is 1. The van der Waals surface area contributed by atoms with E-state index < -0.39 is 0 Å². The van der Waals surface area contributed by atoms with Gasteiger partial charge in [0.25, 0.3) is 0 Å². The van der Waals surface area contributed by atoms with Gasteiger partial charge in [0.1, 0.15) is 0 Å². The molecular weight excluding hydrogens is 180 g/mol. The number of hydrogen-bond acceptors (Lipinski definition) is 3. The Kier molecular flexibility index (Phi) is 2.63. The van der Waals surface area contributed by atoms with Gasteiger partial charge in [-0.2, -0.15) is 0 Å². The summed E-state index contributed by atoms with van der Waals surface area (Å²) in [5.41, 5.74) is 0. The third-order valence-electron chi connectivity index (χ3n) is 3.32. The van der Waals surface area contributed by atoms with Crippen molar-refractivity contribution in [3.05, 3.63) is 0 Å². The number of rotatable bonds is 1. The molecule has 2 heterocycles. The molecule has 2 aliphatic rings. The van der Waals surface area contributed by atoms with Gasteiger partial charge in [-0.15, -0.1) is 0 Å². The Hall–Kier alpha value is -0.770. The van der Waals surface area contributed by atoms with Crippen LogP contribution < -0.4 is 5.32 Å². The van der Waals surface area contributed by atoms with Gasteiger partial charge >= 0.3 is 6.09 Å². The van der Waals surface area contributed by atoms with E-state index in [1.807, 2.05) is 11.8 Å². The number of ether oxygens (including phenoxy) is 1. The lowest BCUT2D eigenvalue weighted by Crippen LogP contribution is -2.34. The highest BCUT2D eigenvalue weighted by molar-refractivity contribution is 5.68. The van der Waals surface area contributed by atoms with E-state index in [4.69, 9.17) is 4.74 Å². The fourth-order valence-corrected chi connectivity index (χ4v) is 2.47. The summed E-state index contributed by atoms with van der Waals surface area (Å²) < 4.78 is 4.99. The molecule has 0 saturated carbocycles. The van der Waals surface area contributed by atoms with E-state index in [2.05, 4.69) is 12.2 Å². The largest absolute Gasteiger partial charge is 0.450 e. The van der Waals surface area contributed by atoms with Crippen LogP contribution in [-0.2, 0) is 4.74 Å². The summed E-state index contributed by atoms with van der Waals surface area (Å²) in [5, 5.41) is 3.45. The predicted molar refractivity (Wildman–Crippen MR) is 53.0 cm³/mol. The van der Waals surface area contributed by atoms with E-state index >= 15 is 0 Å². The van der Waals surface area contributed by atoms with Gasteiger partial charge in [-0.05, 0) is 25.3 Å². The van der Waals surface area contributed by atoms with Gasteiger partial charge in [0, 0.05) is 19.1 Å². The Morgan fingerprint density at radius 1 is 1.57 bits per heavy atom. The van der Waals surface area contributed by atoms with Crippen molar-refractivity contribution >= 4 is 6.09 Å². The van der Waals surface area contributed by atoms with Crippen molar-refractivity contribution in [2.45, 2.75) is 19.9 Å². The minimum absolute atomic E-state index is 0.157. The van der Waals surface area contributed by atoms with E-state index in [1.165, 1.54) is 0 Å². The molecule has 3 atom stereocenters. The van der Waals surface area contributed by atoms with E-state index in [0.717, 1.165) is 19.6 Å². The Bertz CT molecular complexity index is 232. The first kappa shape index (κ1) is 9.77. The Morgan fingerprint density at radius 3 is 3.00 bits per heavy atom. The quantitative estimate of drug-likeness (QED) is 0.673. The summed E-state index contributed by atoms with van der Waals surface area (Å²) in [7, 11) is 0. The molecule has 4 nitrogen and oxygen atoms in total. The van der Waals surface area contributed by atoms with Gasteiger partial charge in [-0.3, -0.25) is 0 Å². The second kappa shape index (κ2) is 3.77. The maximum Gasteiger partial charge on any atom is 0.409 e. The molecule has 0 aromatic heterocycles. The smallest absolute Gasteiger partial charge is 0.409 e. The van der Waals surface area contributed by atoms with Crippen LogP contribution in [0.2, 0.25) is 0 Å². The summed E-state index contributed by atoms with van der Waals surface area (Å²) in [6.45, 7) is 7.31. The summed E-state index contributed by atoms with van der Waals surface area (Å²) in [6, 6.07) is 0.495. The number of amides is 1. The number of hydrogen-bond donors (Lipinski definition) is 1. The number of carbonyl (C=O) groups is 1. The van der Waals surface area contributed by atoms with Crippen molar-refractivity contribution < 1.29 is 9.53 Å². The molecule has 2 fully saturated rings. The standard InChI is InChI=1S/C10H18N2O2/c1-3-14-10(13)12-5-8-7(2)4-11-9(8)6-12/h7-9,11H,3-6H2,1-2H3.